The van der Waals surface area contributed by atoms with Gasteiger partial charge in [-0.2, -0.15) is 0 Å². The first kappa shape index (κ1) is 18.5. The van der Waals surface area contributed by atoms with Crippen molar-refractivity contribution in [3.05, 3.63) is 17.5 Å². The number of nitrogens with zero attached hydrogens (tertiary/aromatic N) is 4. The fourth-order valence-electron chi connectivity index (χ4n) is 3.76. The van der Waals surface area contributed by atoms with Gasteiger partial charge < -0.3 is 19.9 Å². The average molecular weight is 366 g/mol. The zero-order valence-electron chi connectivity index (χ0n) is 15.5. The minimum Gasteiger partial charge on any atom is -0.383 e. The first-order chi connectivity index (χ1) is 12.3. The normalized spacial score (nSPS) is 22.6. The van der Waals surface area contributed by atoms with Crippen molar-refractivity contribution in [1.29, 1.82) is 0 Å². The van der Waals surface area contributed by atoms with Gasteiger partial charge in [0.25, 0.3) is 0 Å². The number of ether oxygens (including phenoxy) is 1. The number of nitrogens with one attached hydrogen (secondary N) is 1. The molecule has 1 atom stereocenters. The molecular formula is C18H31N5OS. The zero-order chi connectivity index (χ0) is 17.5. The second-order valence-corrected chi connectivity index (χ2v) is 7.60. The van der Waals surface area contributed by atoms with Crippen molar-refractivity contribution in [3.8, 4) is 0 Å². The number of methoxy groups -OCH3 is 1. The van der Waals surface area contributed by atoms with Crippen LogP contribution in [-0.2, 0) is 4.74 Å². The third kappa shape index (κ3) is 4.86. The van der Waals surface area contributed by atoms with E-state index in [4.69, 9.17) is 4.74 Å². The van der Waals surface area contributed by atoms with Gasteiger partial charge in [-0.15, -0.1) is 11.3 Å². The molecule has 2 aliphatic rings. The minimum atomic E-state index is 0.597. The van der Waals surface area contributed by atoms with Crippen molar-refractivity contribution in [3.63, 3.8) is 0 Å². The number of hydrogen-bond acceptors (Lipinski definition) is 5. The van der Waals surface area contributed by atoms with E-state index in [1.54, 1.807) is 7.11 Å². The van der Waals surface area contributed by atoms with Crippen LogP contribution in [0.3, 0.4) is 0 Å². The summed E-state index contributed by atoms with van der Waals surface area (Å²) in [4.78, 5) is 11.9. The Morgan fingerprint density at radius 1 is 1.32 bits per heavy atom. The first-order valence-corrected chi connectivity index (χ1v) is 10.2. The lowest BCUT2D eigenvalue weighted by atomic mass is 10.2. The van der Waals surface area contributed by atoms with Gasteiger partial charge in [0.1, 0.15) is 0 Å². The van der Waals surface area contributed by atoms with Crippen molar-refractivity contribution >= 4 is 22.3 Å². The van der Waals surface area contributed by atoms with Crippen LogP contribution in [0, 0.1) is 0 Å². The van der Waals surface area contributed by atoms with E-state index in [0.29, 0.717) is 6.04 Å². The third-order valence-electron chi connectivity index (χ3n) is 5.19. The molecule has 3 heterocycles. The number of hydrogen-bond donors (Lipinski definition) is 1. The molecule has 25 heavy (non-hydrogen) atoms. The highest BCUT2D eigenvalue weighted by molar-refractivity contribution is 7.14. The van der Waals surface area contributed by atoms with Gasteiger partial charge in [0.15, 0.2) is 5.96 Å². The molecule has 1 unspecified atom stereocenters. The summed E-state index contributed by atoms with van der Waals surface area (Å²) in [6, 6.07) is 4.94. The maximum Gasteiger partial charge on any atom is 0.193 e. The van der Waals surface area contributed by atoms with Gasteiger partial charge in [0, 0.05) is 59.5 Å². The summed E-state index contributed by atoms with van der Waals surface area (Å²) >= 11 is 1.82. The third-order valence-corrected chi connectivity index (χ3v) is 6.12. The van der Waals surface area contributed by atoms with Gasteiger partial charge in [-0.25, -0.2) is 0 Å². The molecule has 1 aromatic rings. The highest BCUT2D eigenvalue weighted by Gasteiger charge is 2.25. The zero-order valence-corrected chi connectivity index (χ0v) is 16.3. The quantitative estimate of drug-likeness (QED) is 0.612. The number of piperazine rings is 1. The smallest absolute Gasteiger partial charge is 0.193 e. The minimum absolute atomic E-state index is 0.597. The second-order valence-electron chi connectivity index (χ2n) is 6.68. The van der Waals surface area contributed by atoms with Gasteiger partial charge >= 0.3 is 0 Å². The summed E-state index contributed by atoms with van der Waals surface area (Å²) in [5.74, 6) is 1.05. The molecule has 2 saturated heterocycles. The van der Waals surface area contributed by atoms with E-state index in [9.17, 15) is 0 Å². The Bertz CT molecular complexity index is 528. The topological polar surface area (TPSA) is 43.3 Å². The van der Waals surface area contributed by atoms with Crippen LogP contribution in [0.25, 0.3) is 0 Å². The number of guanidine groups is 1. The fraction of sp³-hybridized carbons (Fsp3) is 0.722. The molecule has 1 aromatic heterocycles. The van der Waals surface area contributed by atoms with E-state index in [2.05, 4.69) is 42.5 Å². The van der Waals surface area contributed by atoms with Crippen LogP contribution < -0.4 is 10.2 Å². The molecule has 6 nitrogen and oxygen atoms in total. The van der Waals surface area contributed by atoms with Gasteiger partial charge in [0.2, 0.25) is 0 Å². The second kappa shape index (κ2) is 9.40. The average Bonchev–Trinajstić information content (AvgIpc) is 3.33. The number of aliphatic imine (C=N–C) groups is 1. The van der Waals surface area contributed by atoms with Crippen LogP contribution in [0.4, 0.5) is 5.00 Å². The highest BCUT2D eigenvalue weighted by atomic mass is 32.1. The standard InChI is InChI=1S/C18H31N5OS/c1-19-18(20-15-16-5-3-7-21(16)12-13-24-2)23-10-8-22(9-11-23)17-6-4-14-25-17/h4,6,14,16H,3,5,7-13,15H2,1-2H3,(H,19,20). The molecule has 0 amide bonds. The van der Waals surface area contributed by atoms with Crippen molar-refractivity contribution in [2.24, 2.45) is 4.99 Å². The number of anilines is 1. The van der Waals surface area contributed by atoms with Crippen molar-refractivity contribution in [1.82, 2.24) is 15.1 Å². The summed E-state index contributed by atoms with van der Waals surface area (Å²) < 4.78 is 5.24. The molecule has 0 saturated carbocycles. The first-order valence-electron chi connectivity index (χ1n) is 9.29. The van der Waals surface area contributed by atoms with Crippen molar-refractivity contribution < 1.29 is 4.74 Å². The van der Waals surface area contributed by atoms with E-state index >= 15 is 0 Å². The summed E-state index contributed by atoms with van der Waals surface area (Å²) in [7, 11) is 3.67. The van der Waals surface area contributed by atoms with Gasteiger partial charge in [-0.3, -0.25) is 9.89 Å². The van der Waals surface area contributed by atoms with Crippen LogP contribution in [-0.4, -0.2) is 88.4 Å². The van der Waals surface area contributed by atoms with Gasteiger partial charge in [-0.05, 0) is 36.9 Å². The summed E-state index contributed by atoms with van der Waals surface area (Å²) in [6.45, 7) is 8.17. The summed E-state index contributed by atoms with van der Waals surface area (Å²) in [6.07, 6.45) is 2.55. The monoisotopic (exact) mass is 365 g/mol. The highest BCUT2D eigenvalue weighted by Crippen LogP contribution is 2.22. The van der Waals surface area contributed by atoms with E-state index in [1.165, 1.54) is 24.4 Å². The predicted octanol–water partition coefficient (Wildman–Crippen LogP) is 1.56. The van der Waals surface area contributed by atoms with Gasteiger partial charge in [0.05, 0.1) is 11.6 Å². The number of rotatable bonds is 6. The molecule has 3 rings (SSSR count). The van der Waals surface area contributed by atoms with Crippen LogP contribution in [0.5, 0.6) is 0 Å². The van der Waals surface area contributed by atoms with E-state index in [1.807, 2.05) is 18.4 Å². The van der Waals surface area contributed by atoms with E-state index in [0.717, 1.165) is 51.8 Å². The van der Waals surface area contributed by atoms with Crippen LogP contribution >= 0.6 is 11.3 Å². The Labute approximate surface area is 155 Å². The fourth-order valence-corrected chi connectivity index (χ4v) is 4.54. The lowest BCUT2D eigenvalue weighted by Gasteiger charge is -2.37. The molecule has 140 valence electrons. The Morgan fingerprint density at radius 2 is 2.16 bits per heavy atom. The van der Waals surface area contributed by atoms with E-state index < -0.39 is 0 Å². The van der Waals surface area contributed by atoms with Crippen LogP contribution in [0.2, 0.25) is 0 Å². The SMILES string of the molecule is CN=C(NCC1CCCN1CCOC)N1CCN(c2cccs2)CC1. The molecule has 0 bridgehead atoms. The van der Waals surface area contributed by atoms with Crippen molar-refractivity contribution in [2.45, 2.75) is 18.9 Å². The predicted molar refractivity (Wildman–Crippen MR) is 106 cm³/mol. The summed E-state index contributed by atoms with van der Waals surface area (Å²) in [5.41, 5.74) is 0. The molecule has 0 radical (unpaired) electrons. The number of likely N-dealkylation sites (tertiary alicyclic amines) is 1. The van der Waals surface area contributed by atoms with Crippen molar-refractivity contribution in [2.75, 3.05) is 71.5 Å². The molecule has 0 spiro atoms. The van der Waals surface area contributed by atoms with Gasteiger partial charge in [-0.1, -0.05) is 0 Å². The lowest BCUT2D eigenvalue weighted by molar-refractivity contribution is 0.141. The molecule has 7 heteroatoms. The Morgan fingerprint density at radius 3 is 2.84 bits per heavy atom. The Balaban J connectivity index is 1.45. The molecule has 0 aliphatic carbocycles. The maximum absolute atomic E-state index is 5.24. The number of thiophene rings is 1. The molecule has 2 aliphatic heterocycles. The molecular weight excluding hydrogens is 334 g/mol. The van der Waals surface area contributed by atoms with E-state index in [-0.39, 0.29) is 0 Å². The van der Waals surface area contributed by atoms with Crippen LogP contribution in [0.15, 0.2) is 22.5 Å². The molecule has 2 fully saturated rings. The molecule has 0 aromatic carbocycles. The molecule has 1 N–H and O–H groups in total. The Kier molecular flexibility index (Phi) is 6.95. The summed E-state index contributed by atoms with van der Waals surface area (Å²) in [5, 5.41) is 7.14. The lowest BCUT2D eigenvalue weighted by Crippen LogP contribution is -2.54. The maximum atomic E-state index is 5.24. The largest absolute Gasteiger partial charge is 0.383 e. The van der Waals surface area contributed by atoms with Crippen LogP contribution in [0.1, 0.15) is 12.8 Å². The Hall–Kier alpha value is -1.31.